The van der Waals surface area contributed by atoms with Crippen molar-refractivity contribution in [2.24, 2.45) is 5.92 Å². The number of aryl methyl sites for hydroxylation is 1. The Morgan fingerprint density at radius 2 is 2.03 bits per heavy atom. The Morgan fingerprint density at radius 3 is 2.81 bits per heavy atom. The van der Waals surface area contributed by atoms with E-state index >= 15 is 0 Å². The Morgan fingerprint density at radius 1 is 1.19 bits per heavy atom. The van der Waals surface area contributed by atoms with E-state index in [9.17, 15) is 19.2 Å². The van der Waals surface area contributed by atoms with Gasteiger partial charge >= 0.3 is 11.8 Å². The highest BCUT2D eigenvalue weighted by atomic mass is 16.5. The molecule has 32 heavy (non-hydrogen) atoms. The molecule has 2 aliphatic rings. The Bertz CT molecular complexity index is 1070. The van der Waals surface area contributed by atoms with Crippen LogP contribution in [0.15, 0.2) is 36.5 Å². The predicted molar refractivity (Wildman–Crippen MR) is 116 cm³/mol. The number of fused-ring (bicyclic) bond motifs is 1. The first-order chi connectivity index (χ1) is 15.4. The molecule has 4 amide bonds. The van der Waals surface area contributed by atoms with E-state index in [-0.39, 0.29) is 25.0 Å². The lowest BCUT2D eigenvalue weighted by molar-refractivity contribution is -0.145. The first-order valence-electron chi connectivity index (χ1n) is 10.3. The highest BCUT2D eigenvalue weighted by molar-refractivity contribution is 6.39. The monoisotopic (exact) mass is 437 g/mol. The molecule has 2 aromatic rings. The number of carbonyl (C=O) groups is 4. The van der Waals surface area contributed by atoms with Crippen LogP contribution in [0.1, 0.15) is 18.4 Å². The lowest BCUT2D eigenvalue weighted by Crippen LogP contribution is -2.47. The van der Waals surface area contributed by atoms with Gasteiger partial charge in [0.15, 0.2) is 6.61 Å². The molecule has 0 aliphatic carbocycles. The quantitative estimate of drug-likeness (QED) is 0.625. The number of likely N-dealkylation sites (tertiary alicyclic amines) is 1. The Balaban J connectivity index is 1.35. The first-order valence-corrected chi connectivity index (χ1v) is 10.3. The van der Waals surface area contributed by atoms with Crippen molar-refractivity contribution in [2.45, 2.75) is 19.8 Å². The number of carbonyl (C=O) groups excluding carboxylic acids is 4. The summed E-state index contributed by atoms with van der Waals surface area (Å²) in [5, 5.41) is 7.98. The fraction of sp³-hybridized carbons (Fsp3) is 0.318. The zero-order chi connectivity index (χ0) is 22.7. The van der Waals surface area contributed by atoms with Crippen LogP contribution >= 0.6 is 0 Å². The molecule has 1 fully saturated rings. The molecule has 10 heteroatoms. The standard InChI is InChI=1S/C22H23N5O5/c1-13-4-7-18(23-10-13)26-20(29)14-3-2-8-27(11-14)22(31)21(30)24-15-5-6-16-17(9-15)32-12-19(28)25-16/h4-7,9-10,14H,2-3,8,11-12H2,1H3,(H,24,30)(H,25,28)(H,23,26,29). The maximum atomic E-state index is 12.7. The van der Waals surface area contributed by atoms with E-state index in [1.54, 1.807) is 30.5 Å². The maximum absolute atomic E-state index is 12.7. The number of hydrogen-bond donors (Lipinski definition) is 3. The van der Waals surface area contributed by atoms with Gasteiger partial charge in [-0.15, -0.1) is 0 Å². The van der Waals surface area contributed by atoms with Gasteiger partial charge in [0.05, 0.1) is 11.6 Å². The van der Waals surface area contributed by atoms with Crippen LogP contribution in [0.3, 0.4) is 0 Å². The second kappa shape index (κ2) is 9.04. The molecule has 1 unspecified atom stereocenters. The lowest BCUT2D eigenvalue weighted by Gasteiger charge is -2.31. The van der Waals surface area contributed by atoms with Crippen molar-refractivity contribution in [3.05, 3.63) is 42.1 Å². The van der Waals surface area contributed by atoms with Crippen LogP contribution in [0.5, 0.6) is 5.75 Å². The van der Waals surface area contributed by atoms with Gasteiger partial charge in [0.25, 0.3) is 5.91 Å². The van der Waals surface area contributed by atoms with Crippen LogP contribution in [0.25, 0.3) is 0 Å². The summed E-state index contributed by atoms with van der Waals surface area (Å²) >= 11 is 0. The number of rotatable bonds is 3. The van der Waals surface area contributed by atoms with Crippen molar-refractivity contribution in [1.82, 2.24) is 9.88 Å². The number of ether oxygens (including phenoxy) is 1. The molecule has 1 aromatic heterocycles. The van der Waals surface area contributed by atoms with E-state index in [1.165, 1.54) is 4.90 Å². The van der Waals surface area contributed by atoms with E-state index in [1.807, 2.05) is 13.0 Å². The number of benzene rings is 1. The van der Waals surface area contributed by atoms with Crippen molar-refractivity contribution in [1.29, 1.82) is 0 Å². The van der Waals surface area contributed by atoms with Crippen LogP contribution in [0, 0.1) is 12.8 Å². The molecular formula is C22H23N5O5. The van der Waals surface area contributed by atoms with Crippen LogP contribution < -0.4 is 20.7 Å². The summed E-state index contributed by atoms with van der Waals surface area (Å²) in [6.07, 6.45) is 2.90. The molecule has 166 valence electrons. The van der Waals surface area contributed by atoms with E-state index < -0.39 is 17.7 Å². The number of pyridine rings is 1. The Kier molecular flexibility index (Phi) is 6.02. The van der Waals surface area contributed by atoms with Crippen LogP contribution in [0.2, 0.25) is 0 Å². The summed E-state index contributed by atoms with van der Waals surface area (Å²) in [5.74, 6) is -1.56. The average Bonchev–Trinajstić information content (AvgIpc) is 2.80. The van der Waals surface area contributed by atoms with Crippen LogP contribution in [-0.2, 0) is 19.2 Å². The van der Waals surface area contributed by atoms with E-state index in [2.05, 4.69) is 20.9 Å². The summed E-state index contributed by atoms with van der Waals surface area (Å²) in [7, 11) is 0. The number of hydrogen-bond acceptors (Lipinski definition) is 6. The number of piperidine rings is 1. The molecule has 3 N–H and O–H groups in total. The zero-order valence-corrected chi connectivity index (χ0v) is 17.5. The fourth-order valence-corrected chi connectivity index (χ4v) is 3.63. The van der Waals surface area contributed by atoms with Gasteiger partial charge in [-0.3, -0.25) is 19.2 Å². The first kappa shape index (κ1) is 21.3. The third kappa shape index (κ3) is 4.85. The minimum absolute atomic E-state index is 0.112. The highest BCUT2D eigenvalue weighted by Crippen LogP contribution is 2.30. The number of aromatic nitrogens is 1. The minimum atomic E-state index is -0.800. The molecule has 1 atom stereocenters. The normalized spacial score (nSPS) is 17.5. The van der Waals surface area contributed by atoms with Gasteiger partial charge in [-0.1, -0.05) is 6.07 Å². The third-order valence-corrected chi connectivity index (χ3v) is 5.31. The summed E-state index contributed by atoms with van der Waals surface area (Å²) in [6, 6.07) is 8.28. The van der Waals surface area contributed by atoms with Gasteiger partial charge in [0, 0.05) is 31.0 Å². The summed E-state index contributed by atoms with van der Waals surface area (Å²) in [5.41, 5.74) is 1.85. The molecule has 2 aliphatic heterocycles. The third-order valence-electron chi connectivity index (χ3n) is 5.31. The number of nitrogens with zero attached hydrogens (tertiary/aromatic N) is 2. The molecular weight excluding hydrogens is 414 g/mol. The molecule has 0 bridgehead atoms. The van der Waals surface area contributed by atoms with Crippen molar-refractivity contribution in [3.8, 4) is 5.75 Å². The SMILES string of the molecule is Cc1ccc(NC(=O)C2CCCN(C(=O)C(=O)Nc3ccc4c(c3)OCC(=O)N4)C2)nc1. The van der Waals surface area contributed by atoms with E-state index in [4.69, 9.17) is 4.74 Å². The largest absolute Gasteiger partial charge is 0.482 e. The molecule has 0 radical (unpaired) electrons. The Hall–Kier alpha value is -3.95. The van der Waals surface area contributed by atoms with E-state index in [0.717, 1.165) is 5.56 Å². The fourth-order valence-electron chi connectivity index (χ4n) is 3.63. The maximum Gasteiger partial charge on any atom is 0.313 e. The van der Waals surface area contributed by atoms with Crippen molar-refractivity contribution >= 4 is 40.8 Å². The van der Waals surface area contributed by atoms with Crippen LogP contribution in [0.4, 0.5) is 17.2 Å². The van der Waals surface area contributed by atoms with Crippen molar-refractivity contribution < 1.29 is 23.9 Å². The van der Waals surface area contributed by atoms with Gasteiger partial charge < -0.3 is 25.6 Å². The average molecular weight is 437 g/mol. The van der Waals surface area contributed by atoms with Gasteiger partial charge in [-0.2, -0.15) is 0 Å². The van der Waals surface area contributed by atoms with E-state index in [0.29, 0.717) is 42.3 Å². The highest BCUT2D eigenvalue weighted by Gasteiger charge is 2.31. The summed E-state index contributed by atoms with van der Waals surface area (Å²) < 4.78 is 5.32. The van der Waals surface area contributed by atoms with Gasteiger partial charge in [0.2, 0.25) is 5.91 Å². The minimum Gasteiger partial charge on any atom is -0.482 e. The molecule has 1 saturated heterocycles. The predicted octanol–water partition coefficient (Wildman–Crippen LogP) is 1.54. The molecule has 1 aromatic carbocycles. The molecule has 10 nitrogen and oxygen atoms in total. The zero-order valence-electron chi connectivity index (χ0n) is 17.5. The topological polar surface area (TPSA) is 130 Å². The molecule has 4 rings (SSSR count). The van der Waals surface area contributed by atoms with Gasteiger partial charge in [0.1, 0.15) is 11.6 Å². The Labute approximate surface area is 184 Å². The number of amides is 4. The molecule has 3 heterocycles. The lowest BCUT2D eigenvalue weighted by atomic mass is 9.97. The van der Waals surface area contributed by atoms with Crippen molar-refractivity contribution in [3.63, 3.8) is 0 Å². The van der Waals surface area contributed by atoms with Gasteiger partial charge in [-0.05, 0) is 43.5 Å². The second-order valence-corrected chi connectivity index (χ2v) is 7.80. The number of anilines is 3. The number of nitrogens with one attached hydrogen (secondary N) is 3. The summed E-state index contributed by atoms with van der Waals surface area (Å²) in [6.45, 7) is 2.35. The van der Waals surface area contributed by atoms with Gasteiger partial charge in [-0.25, -0.2) is 4.98 Å². The molecule has 0 saturated carbocycles. The molecule has 0 spiro atoms. The van der Waals surface area contributed by atoms with Crippen LogP contribution in [-0.4, -0.2) is 53.2 Å². The second-order valence-electron chi connectivity index (χ2n) is 7.80. The van der Waals surface area contributed by atoms with Crippen molar-refractivity contribution in [2.75, 3.05) is 35.6 Å². The smallest absolute Gasteiger partial charge is 0.313 e. The summed E-state index contributed by atoms with van der Waals surface area (Å²) in [4.78, 5) is 54.7.